The van der Waals surface area contributed by atoms with Crippen LogP contribution in [0.2, 0.25) is 0 Å². The van der Waals surface area contributed by atoms with Crippen molar-refractivity contribution in [1.82, 2.24) is 4.90 Å². The summed E-state index contributed by atoms with van der Waals surface area (Å²) < 4.78 is 20.6. The summed E-state index contributed by atoms with van der Waals surface area (Å²) in [5, 5.41) is 9.49. The van der Waals surface area contributed by atoms with Gasteiger partial charge < -0.3 is 14.7 Å². The maximum Gasteiger partial charge on any atom is 0.254 e. The molecule has 0 bridgehead atoms. The first kappa shape index (κ1) is 28.7. The van der Waals surface area contributed by atoms with Gasteiger partial charge in [0.15, 0.2) is 0 Å². The van der Waals surface area contributed by atoms with Crippen molar-refractivity contribution in [2.75, 3.05) is 55.3 Å². The number of piperidine rings is 1. The normalized spacial score (nSPS) is 17.7. The zero-order chi connectivity index (χ0) is 29.1. The van der Waals surface area contributed by atoms with Crippen molar-refractivity contribution in [3.63, 3.8) is 0 Å². The van der Waals surface area contributed by atoms with Gasteiger partial charge in [-0.1, -0.05) is 30.3 Å². The van der Waals surface area contributed by atoms with Crippen LogP contribution in [-0.4, -0.2) is 60.5 Å². The van der Waals surface area contributed by atoms with Crippen molar-refractivity contribution in [2.45, 2.75) is 38.0 Å². The third-order valence-electron chi connectivity index (χ3n) is 8.59. The fourth-order valence-electron chi connectivity index (χ4n) is 6.25. The number of para-hydroxylation sites is 2. The minimum atomic E-state index is -2.84. The van der Waals surface area contributed by atoms with Crippen LogP contribution in [0.15, 0.2) is 65.6 Å². The minimum absolute atomic E-state index is 0.0689. The fraction of sp³-hybridized carbons (Fsp3) is 0.394. The molecule has 1 N–H and O–H groups in total. The summed E-state index contributed by atoms with van der Waals surface area (Å²) in [6.07, 6.45) is 4.53. The number of nitrogens with one attached hydrogen (secondary N) is 1. The topological polar surface area (TPSA) is 91.5 Å². The molecular formula is C33H39N5O2S. The molecule has 0 saturated carbocycles. The number of nitrogens with zero attached hydrogens (tertiary/aromatic N) is 4. The van der Waals surface area contributed by atoms with E-state index in [1.165, 1.54) is 17.4 Å². The zero-order valence-corrected chi connectivity index (χ0v) is 25.0. The smallest absolute Gasteiger partial charge is 0.254 e. The van der Waals surface area contributed by atoms with Crippen LogP contribution in [0.25, 0.3) is 0 Å². The molecular weight excluding hydrogens is 530 g/mol. The first-order valence-corrected chi connectivity index (χ1v) is 16.3. The Morgan fingerprint density at radius 3 is 2.17 bits per heavy atom. The van der Waals surface area contributed by atoms with Crippen molar-refractivity contribution >= 4 is 27.0 Å². The summed E-state index contributed by atoms with van der Waals surface area (Å²) in [5.41, 5.74) is 6.86. The second-order valence-electron chi connectivity index (χ2n) is 11.4. The van der Waals surface area contributed by atoms with Crippen LogP contribution in [0.4, 0.5) is 11.4 Å². The van der Waals surface area contributed by atoms with Crippen LogP contribution >= 0.6 is 0 Å². The maximum absolute atomic E-state index is 13.7. The highest BCUT2D eigenvalue weighted by Crippen LogP contribution is 2.30. The van der Waals surface area contributed by atoms with Crippen molar-refractivity contribution in [3.8, 4) is 6.07 Å². The zero-order valence-electron chi connectivity index (χ0n) is 24.2. The molecule has 0 aromatic heterocycles. The molecule has 8 heteroatoms. The number of piperazine rings is 1. The molecule has 1 atom stereocenters. The van der Waals surface area contributed by atoms with E-state index in [1.807, 2.05) is 54.3 Å². The molecule has 214 valence electrons. The Balaban J connectivity index is 1.24. The summed E-state index contributed by atoms with van der Waals surface area (Å²) in [4.78, 5) is 20.7. The lowest BCUT2D eigenvalue weighted by molar-refractivity contribution is 0.0745. The largest absolute Gasteiger partial charge is 0.370 e. The van der Waals surface area contributed by atoms with E-state index in [4.69, 9.17) is 4.78 Å². The Kier molecular flexibility index (Phi) is 8.37. The standard InChI is InChI=1S/C33H39N5O2S/c1-24-20-25(2)29(22-28(24)21-26-12-14-36(15-13-26)30-9-5-4-8-27(30)23-34)33(39)38-18-16-37(17-19-38)31-10-6-7-11-32(31)41(3,35)40/h4-11,20,22,26,35H,12-19,21H2,1-3H3/t41-/m1/s1. The number of carbonyl (C=O) groups excluding carboxylic acids is 1. The van der Waals surface area contributed by atoms with Crippen LogP contribution in [-0.2, 0) is 16.1 Å². The predicted molar refractivity (Wildman–Crippen MR) is 165 cm³/mol. The van der Waals surface area contributed by atoms with E-state index in [0.29, 0.717) is 37.0 Å². The van der Waals surface area contributed by atoms with Gasteiger partial charge in [0.05, 0.1) is 31.6 Å². The highest BCUT2D eigenvalue weighted by Gasteiger charge is 2.27. The summed E-state index contributed by atoms with van der Waals surface area (Å²) >= 11 is 0. The van der Waals surface area contributed by atoms with Crippen LogP contribution in [0, 0.1) is 35.9 Å². The first-order valence-electron chi connectivity index (χ1n) is 14.4. The molecule has 2 aliphatic rings. The Morgan fingerprint density at radius 1 is 0.902 bits per heavy atom. The Bertz CT molecular complexity index is 1580. The third kappa shape index (κ3) is 6.25. The van der Waals surface area contributed by atoms with Gasteiger partial charge in [0, 0.05) is 51.1 Å². The number of nitriles is 1. The SMILES string of the molecule is Cc1cc(C)c(C(=O)N2CCN(c3ccccc3[S@](C)(=N)=O)CC2)cc1CC1CCN(c2ccccc2C#N)CC1. The van der Waals surface area contributed by atoms with Crippen molar-refractivity contribution in [2.24, 2.45) is 5.92 Å². The molecule has 3 aromatic carbocycles. The lowest BCUT2D eigenvalue weighted by Gasteiger charge is -2.37. The minimum Gasteiger partial charge on any atom is -0.370 e. The number of anilines is 2. The van der Waals surface area contributed by atoms with Crippen molar-refractivity contribution in [1.29, 1.82) is 10.0 Å². The van der Waals surface area contributed by atoms with Gasteiger partial charge >= 0.3 is 0 Å². The summed E-state index contributed by atoms with van der Waals surface area (Å²) in [5.74, 6) is 0.610. The molecule has 41 heavy (non-hydrogen) atoms. The molecule has 2 heterocycles. The number of hydrogen-bond acceptors (Lipinski definition) is 6. The number of rotatable bonds is 6. The number of benzene rings is 3. The average Bonchev–Trinajstić information content (AvgIpc) is 2.98. The summed E-state index contributed by atoms with van der Waals surface area (Å²) in [7, 11) is -2.84. The van der Waals surface area contributed by atoms with Gasteiger partial charge in [-0.05, 0) is 86.1 Å². The van der Waals surface area contributed by atoms with Gasteiger partial charge in [-0.3, -0.25) is 4.79 Å². The first-order chi connectivity index (χ1) is 19.7. The van der Waals surface area contributed by atoms with E-state index >= 15 is 0 Å². The fourth-order valence-corrected chi connectivity index (χ4v) is 7.18. The number of aryl methyl sites for hydroxylation is 2. The van der Waals surface area contributed by atoms with Crippen LogP contribution in [0.3, 0.4) is 0 Å². The van der Waals surface area contributed by atoms with E-state index < -0.39 is 9.73 Å². The van der Waals surface area contributed by atoms with E-state index in [-0.39, 0.29) is 5.91 Å². The molecule has 2 aliphatic heterocycles. The van der Waals surface area contributed by atoms with E-state index in [9.17, 15) is 14.3 Å². The molecule has 2 saturated heterocycles. The van der Waals surface area contributed by atoms with Crippen LogP contribution < -0.4 is 9.80 Å². The molecule has 3 aromatic rings. The summed E-state index contributed by atoms with van der Waals surface area (Å²) in [6, 6.07) is 21.9. The lowest BCUT2D eigenvalue weighted by Crippen LogP contribution is -2.49. The Labute approximate surface area is 244 Å². The van der Waals surface area contributed by atoms with Gasteiger partial charge in [0.2, 0.25) is 0 Å². The predicted octanol–water partition coefficient (Wildman–Crippen LogP) is 5.63. The van der Waals surface area contributed by atoms with E-state index in [1.54, 1.807) is 6.07 Å². The van der Waals surface area contributed by atoms with E-state index in [0.717, 1.165) is 60.4 Å². The van der Waals surface area contributed by atoms with E-state index in [2.05, 4.69) is 34.9 Å². The van der Waals surface area contributed by atoms with Crippen LogP contribution in [0.5, 0.6) is 0 Å². The number of amides is 1. The number of carbonyl (C=O) groups is 1. The quantitative estimate of drug-likeness (QED) is 0.415. The molecule has 2 fully saturated rings. The molecule has 0 spiro atoms. The van der Waals surface area contributed by atoms with Gasteiger partial charge in [-0.2, -0.15) is 5.26 Å². The van der Waals surface area contributed by atoms with Crippen LogP contribution in [0.1, 0.15) is 45.5 Å². The lowest BCUT2D eigenvalue weighted by atomic mass is 9.86. The van der Waals surface area contributed by atoms with Gasteiger partial charge in [0.25, 0.3) is 5.91 Å². The Hall–Kier alpha value is -3.83. The molecule has 0 radical (unpaired) electrons. The molecule has 5 rings (SSSR count). The van der Waals surface area contributed by atoms with Crippen molar-refractivity contribution in [3.05, 3.63) is 88.5 Å². The monoisotopic (exact) mass is 569 g/mol. The third-order valence-corrected chi connectivity index (χ3v) is 9.78. The molecule has 7 nitrogen and oxygen atoms in total. The van der Waals surface area contributed by atoms with Crippen molar-refractivity contribution < 1.29 is 9.00 Å². The molecule has 1 amide bonds. The summed E-state index contributed by atoms with van der Waals surface area (Å²) in [6.45, 7) is 8.48. The highest BCUT2D eigenvalue weighted by atomic mass is 32.2. The number of hydrogen-bond donors (Lipinski definition) is 1. The van der Waals surface area contributed by atoms with Gasteiger partial charge in [-0.15, -0.1) is 0 Å². The Morgan fingerprint density at radius 2 is 1.51 bits per heavy atom. The maximum atomic E-state index is 13.7. The van der Waals surface area contributed by atoms with Gasteiger partial charge in [-0.25, -0.2) is 8.99 Å². The second kappa shape index (κ2) is 12.0. The second-order valence-corrected chi connectivity index (χ2v) is 13.6. The highest BCUT2D eigenvalue weighted by molar-refractivity contribution is 7.91. The van der Waals surface area contributed by atoms with Gasteiger partial charge in [0.1, 0.15) is 6.07 Å². The molecule has 0 aliphatic carbocycles. The molecule has 0 unspecified atom stereocenters. The average molecular weight is 570 g/mol.